The Morgan fingerprint density at radius 3 is 2.74 bits per heavy atom. The van der Waals surface area contributed by atoms with Crippen molar-refractivity contribution in [3.63, 3.8) is 0 Å². The lowest BCUT2D eigenvalue weighted by Gasteiger charge is -2.43. The number of amides is 1. The zero-order valence-electron chi connectivity index (χ0n) is 22.3. The van der Waals surface area contributed by atoms with Crippen LogP contribution in [0.1, 0.15) is 60.5 Å². The van der Waals surface area contributed by atoms with Crippen LogP contribution in [-0.4, -0.2) is 44.4 Å². The highest BCUT2D eigenvalue weighted by Crippen LogP contribution is 2.41. The summed E-state index contributed by atoms with van der Waals surface area (Å²) in [5, 5.41) is 11.7. The van der Waals surface area contributed by atoms with Crippen molar-refractivity contribution in [2.45, 2.75) is 58.2 Å². The second kappa shape index (κ2) is 11.9. The minimum Gasteiger partial charge on any atom is -0.487 e. The Kier molecular flexibility index (Phi) is 8.55. The molecule has 2 aliphatic heterocycles. The fourth-order valence-electron chi connectivity index (χ4n) is 5.96. The Morgan fingerprint density at radius 1 is 1.10 bits per heavy atom. The average Bonchev–Trinajstić information content (AvgIpc) is 2.88. The lowest BCUT2D eigenvalue weighted by atomic mass is 9.69. The Balaban J connectivity index is 1.52. The molecule has 9 heteroatoms. The summed E-state index contributed by atoms with van der Waals surface area (Å²) in [6.45, 7) is 3.65. The number of carbonyl (C=O) groups is 1. The molecule has 3 aliphatic rings. The molecule has 2 N–H and O–H groups in total. The largest absolute Gasteiger partial charge is 0.487 e. The molecule has 0 aromatic heterocycles. The molecule has 2 aromatic rings. The summed E-state index contributed by atoms with van der Waals surface area (Å²) in [6, 6.07) is 11.0. The van der Waals surface area contributed by atoms with E-state index in [1.54, 1.807) is 25.1 Å². The topological polar surface area (TPSA) is 95.9 Å². The van der Waals surface area contributed by atoms with Crippen LogP contribution in [0, 0.1) is 17.8 Å². The molecule has 39 heavy (non-hydrogen) atoms. The third kappa shape index (κ3) is 6.79. The number of sulfonamides is 1. The van der Waals surface area contributed by atoms with Crippen molar-refractivity contribution in [2.24, 2.45) is 17.8 Å². The quantitative estimate of drug-likeness (QED) is 0.426. The maximum atomic E-state index is 13.1. The average molecular weight is 573 g/mol. The predicted octanol–water partition coefficient (Wildman–Crippen LogP) is 5.10. The Hall–Kier alpha value is -2.55. The van der Waals surface area contributed by atoms with E-state index in [4.69, 9.17) is 16.3 Å². The molecule has 2 aromatic carbocycles. The molecule has 0 unspecified atom stereocenters. The number of hydrogen-bond acceptors (Lipinski definition) is 6. The van der Waals surface area contributed by atoms with Crippen molar-refractivity contribution in [1.29, 1.82) is 0 Å². The molecular weight excluding hydrogens is 536 g/mol. The lowest BCUT2D eigenvalue weighted by Crippen LogP contribution is -2.43. The van der Waals surface area contributed by atoms with Crippen LogP contribution in [0.5, 0.6) is 5.75 Å². The van der Waals surface area contributed by atoms with E-state index in [-0.39, 0.29) is 23.2 Å². The number of nitrogens with zero attached hydrogens (tertiary/aromatic N) is 1. The highest BCUT2D eigenvalue weighted by atomic mass is 35.5. The number of fused-ring (bicyclic) bond motifs is 3. The molecule has 7 nitrogen and oxygen atoms in total. The molecule has 0 spiro atoms. The summed E-state index contributed by atoms with van der Waals surface area (Å²) in [6.07, 6.45) is 8.51. The van der Waals surface area contributed by atoms with Gasteiger partial charge >= 0.3 is 0 Å². The van der Waals surface area contributed by atoms with Crippen molar-refractivity contribution in [1.82, 2.24) is 4.72 Å². The molecular formula is C30H37ClN2O5S. The summed E-state index contributed by atoms with van der Waals surface area (Å²) in [7, 11) is -3.85. The lowest BCUT2D eigenvalue weighted by molar-refractivity contribution is 0.0180. The van der Waals surface area contributed by atoms with E-state index in [0.29, 0.717) is 29.7 Å². The molecule has 1 saturated carbocycles. The minimum absolute atomic E-state index is 0.182. The van der Waals surface area contributed by atoms with Gasteiger partial charge in [0.25, 0.3) is 5.91 Å². The summed E-state index contributed by atoms with van der Waals surface area (Å²) in [4.78, 5) is 15.4. The van der Waals surface area contributed by atoms with Gasteiger partial charge in [-0.25, -0.2) is 13.1 Å². The van der Waals surface area contributed by atoms with Gasteiger partial charge in [0.1, 0.15) is 12.4 Å². The summed E-state index contributed by atoms with van der Waals surface area (Å²) >= 11 is 6.28. The highest BCUT2D eigenvalue weighted by Gasteiger charge is 2.37. The monoisotopic (exact) mass is 572 g/mol. The summed E-state index contributed by atoms with van der Waals surface area (Å²) in [5.41, 5.74) is 3.30. The smallest absolute Gasteiger partial charge is 0.264 e. The highest BCUT2D eigenvalue weighted by molar-refractivity contribution is 7.90. The molecule has 0 saturated heterocycles. The number of aliphatic hydroxyl groups is 1. The van der Waals surface area contributed by atoms with Gasteiger partial charge in [0.05, 0.1) is 17.5 Å². The first-order valence-electron chi connectivity index (χ1n) is 13.9. The van der Waals surface area contributed by atoms with Gasteiger partial charge in [0, 0.05) is 23.7 Å². The number of hydrogen-bond donors (Lipinski definition) is 2. The second-order valence-corrected chi connectivity index (χ2v) is 13.4. The number of aliphatic hydroxyl groups excluding tert-OH is 1. The van der Waals surface area contributed by atoms with Gasteiger partial charge < -0.3 is 14.7 Å². The number of ether oxygens (including phenoxy) is 1. The molecule has 210 valence electrons. The first kappa shape index (κ1) is 28.0. The van der Waals surface area contributed by atoms with Crippen LogP contribution in [0.4, 0.5) is 5.69 Å². The van der Waals surface area contributed by atoms with Crippen LogP contribution in [0.2, 0.25) is 5.02 Å². The van der Waals surface area contributed by atoms with Crippen LogP contribution in [0.3, 0.4) is 0 Å². The van der Waals surface area contributed by atoms with Gasteiger partial charge in [-0.15, -0.1) is 0 Å². The third-order valence-corrected chi connectivity index (χ3v) is 9.93. The van der Waals surface area contributed by atoms with Crippen molar-refractivity contribution < 1.29 is 23.1 Å². The van der Waals surface area contributed by atoms with Crippen LogP contribution in [0.15, 0.2) is 48.6 Å². The van der Waals surface area contributed by atoms with Gasteiger partial charge in [-0.1, -0.05) is 36.7 Å². The maximum absolute atomic E-state index is 13.1. The van der Waals surface area contributed by atoms with E-state index >= 15 is 0 Å². The van der Waals surface area contributed by atoms with Gasteiger partial charge in [-0.3, -0.25) is 4.79 Å². The normalized spacial score (nSPS) is 28.4. The van der Waals surface area contributed by atoms with Gasteiger partial charge in [-0.2, -0.15) is 0 Å². The van der Waals surface area contributed by atoms with Gasteiger partial charge in [0.2, 0.25) is 10.0 Å². The zero-order valence-corrected chi connectivity index (χ0v) is 23.9. The molecule has 2 bridgehead atoms. The third-order valence-electron chi connectivity index (χ3n) is 8.24. The van der Waals surface area contributed by atoms with Gasteiger partial charge in [0.15, 0.2) is 0 Å². The maximum Gasteiger partial charge on any atom is 0.264 e. The number of rotatable bonds is 0. The fraction of sp³-hybridized carbons (Fsp3) is 0.500. The number of allylic oxidation sites excluding steroid dienone is 1. The molecule has 4 atom stereocenters. The molecule has 2 heterocycles. The Labute approximate surface area is 236 Å². The fourth-order valence-corrected chi connectivity index (χ4v) is 7.44. The van der Waals surface area contributed by atoms with Crippen molar-refractivity contribution in [3.8, 4) is 5.75 Å². The Morgan fingerprint density at radius 2 is 1.95 bits per heavy atom. The molecule has 1 fully saturated rings. The first-order chi connectivity index (χ1) is 18.7. The van der Waals surface area contributed by atoms with Crippen molar-refractivity contribution in [3.05, 3.63) is 70.3 Å². The van der Waals surface area contributed by atoms with E-state index in [1.807, 2.05) is 30.4 Å². The van der Waals surface area contributed by atoms with E-state index in [2.05, 4.69) is 9.62 Å². The Bertz CT molecular complexity index is 1340. The summed E-state index contributed by atoms with van der Waals surface area (Å²) < 4.78 is 34.1. The van der Waals surface area contributed by atoms with Crippen LogP contribution >= 0.6 is 11.6 Å². The zero-order chi connectivity index (χ0) is 27.6. The number of halogens is 1. The van der Waals surface area contributed by atoms with Crippen LogP contribution in [0.25, 0.3) is 0 Å². The van der Waals surface area contributed by atoms with E-state index in [9.17, 15) is 18.3 Å². The second-order valence-electron chi connectivity index (χ2n) is 11.2. The van der Waals surface area contributed by atoms with Gasteiger partial charge in [-0.05, 0) is 97.7 Å². The molecule has 1 aliphatic carbocycles. The molecule has 5 rings (SSSR count). The van der Waals surface area contributed by atoms with E-state index < -0.39 is 22.0 Å². The summed E-state index contributed by atoms with van der Waals surface area (Å²) in [5.74, 6) is 0.00823. The van der Waals surface area contributed by atoms with E-state index in [1.165, 1.54) is 5.56 Å². The van der Waals surface area contributed by atoms with E-state index in [0.717, 1.165) is 56.4 Å². The number of benzene rings is 2. The SMILES string of the molecule is C[C@H]1/C=C\C[C@H](O)[C@@H]2CC[C@H]2CN2CCCCc3cc(Cl)ccc3COc3ccc(cc32)C(=O)NS(=O)(=O)C1. The first-order valence-corrected chi connectivity index (χ1v) is 15.9. The number of anilines is 1. The van der Waals surface area contributed by atoms with Crippen LogP contribution in [-0.2, 0) is 23.1 Å². The number of nitrogens with one attached hydrogen (secondary N) is 1. The predicted molar refractivity (Wildman–Crippen MR) is 154 cm³/mol. The van der Waals surface area contributed by atoms with Crippen LogP contribution < -0.4 is 14.4 Å². The molecule has 0 radical (unpaired) electrons. The minimum atomic E-state index is -3.85. The molecule has 1 amide bonds. The number of aryl methyl sites for hydroxylation is 1. The standard InChI is InChI=1S/C30H37ClN2O5S/c1-20-5-4-7-28(34)26-12-9-23(26)17-33-14-3-2-6-21-15-25(31)11-8-24(21)18-38-29-13-10-22(16-27(29)33)30(35)32-39(36,37)19-20/h4-5,8,10-11,13,15-16,20,23,26,28,34H,2-3,6-7,9,12,14,17-19H2,1H3,(H,32,35)/b5-4-/t20-,23-,26+,28-/m0/s1. The van der Waals surface area contributed by atoms with Crippen molar-refractivity contribution in [2.75, 3.05) is 23.7 Å². The number of carbonyl (C=O) groups excluding carboxylic acids is 1. The van der Waals surface area contributed by atoms with Crippen molar-refractivity contribution >= 4 is 33.2 Å².